The van der Waals surface area contributed by atoms with E-state index in [1.54, 1.807) is 24.3 Å². The zero-order chi connectivity index (χ0) is 18.4. The fourth-order valence-corrected chi connectivity index (χ4v) is 2.27. The van der Waals surface area contributed by atoms with Gasteiger partial charge in [-0.05, 0) is 29.3 Å². The summed E-state index contributed by atoms with van der Waals surface area (Å²) in [5.41, 5.74) is 0.938. The summed E-state index contributed by atoms with van der Waals surface area (Å²) in [6.07, 6.45) is -0.633. The van der Waals surface area contributed by atoms with Crippen LogP contribution in [0.4, 0.5) is 13.2 Å². The van der Waals surface area contributed by atoms with E-state index in [2.05, 4.69) is 0 Å². The van der Waals surface area contributed by atoms with Crippen LogP contribution in [0.15, 0.2) is 66.8 Å². The summed E-state index contributed by atoms with van der Waals surface area (Å²) in [5.74, 6) is -0.597. The van der Waals surface area contributed by atoms with Crippen LogP contribution in [0.3, 0.4) is 0 Å². The highest BCUT2D eigenvalue weighted by Crippen LogP contribution is 2.34. The number of hydrogen-bond acceptors (Lipinski definition) is 2. The van der Waals surface area contributed by atoms with Crippen LogP contribution in [0.5, 0.6) is 5.75 Å². The zero-order valence-corrected chi connectivity index (χ0v) is 13.2. The van der Waals surface area contributed by atoms with Gasteiger partial charge in [-0.3, -0.25) is 0 Å². The maximum absolute atomic E-state index is 12.7. The fraction of sp³-hybridized carbons (Fsp3) is 0.105. The lowest BCUT2D eigenvalue weighted by Crippen LogP contribution is -2.04. The normalized spacial score (nSPS) is 12.4. The minimum Gasteiger partial charge on any atom is -0.496 e. The predicted molar refractivity (Wildman–Crippen MR) is 88.3 cm³/mol. The van der Waals surface area contributed by atoms with Crippen molar-refractivity contribution in [3.05, 3.63) is 83.4 Å². The number of para-hydroxylation sites is 1. The first-order valence-electron chi connectivity index (χ1n) is 7.25. The molecule has 0 bridgehead atoms. The topological polar surface area (TPSA) is 46.5 Å². The molecule has 0 aliphatic carbocycles. The molecule has 0 unspecified atom stereocenters. The summed E-state index contributed by atoms with van der Waals surface area (Å²) in [4.78, 5) is 10.7. The average molecular weight is 348 g/mol. The van der Waals surface area contributed by atoms with Crippen molar-refractivity contribution < 1.29 is 27.8 Å². The van der Waals surface area contributed by atoms with Crippen molar-refractivity contribution in [3.63, 3.8) is 0 Å². The zero-order valence-electron chi connectivity index (χ0n) is 13.2. The van der Waals surface area contributed by atoms with E-state index in [0.717, 1.165) is 18.2 Å². The minimum atomic E-state index is -4.42. The van der Waals surface area contributed by atoms with Crippen LogP contribution in [0.1, 0.15) is 16.7 Å². The summed E-state index contributed by atoms with van der Waals surface area (Å²) in [6, 6.07) is 11.6. The van der Waals surface area contributed by atoms with Gasteiger partial charge in [-0.2, -0.15) is 13.2 Å². The predicted octanol–water partition coefficient (Wildman–Crippen LogP) is 4.79. The lowest BCUT2D eigenvalue weighted by Gasteiger charge is -2.13. The highest BCUT2D eigenvalue weighted by Gasteiger charge is 2.30. The molecule has 2 rings (SSSR count). The molecule has 0 saturated heterocycles. The first-order chi connectivity index (χ1) is 11.8. The first kappa shape index (κ1) is 18.3. The number of allylic oxidation sites excluding steroid dienone is 2. The van der Waals surface area contributed by atoms with Crippen molar-refractivity contribution in [1.29, 1.82) is 0 Å². The van der Waals surface area contributed by atoms with Gasteiger partial charge in [0, 0.05) is 11.6 Å². The molecule has 0 aliphatic rings. The van der Waals surface area contributed by atoms with Crippen LogP contribution in [0.2, 0.25) is 0 Å². The molecule has 0 atom stereocenters. The first-order valence-corrected chi connectivity index (χ1v) is 7.25. The number of carbonyl (C=O) groups is 1. The van der Waals surface area contributed by atoms with E-state index in [9.17, 15) is 18.0 Å². The van der Waals surface area contributed by atoms with E-state index in [0.29, 0.717) is 22.4 Å². The smallest absolute Gasteiger partial charge is 0.416 e. The molecule has 0 aliphatic heterocycles. The van der Waals surface area contributed by atoms with Gasteiger partial charge in [-0.15, -0.1) is 0 Å². The van der Waals surface area contributed by atoms with E-state index in [1.807, 2.05) is 0 Å². The molecule has 0 aromatic heterocycles. The molecule has 0 amide bonds. The Labute approximate surface area is 142 Å². The Hall–Kier alpha value is -3.02. The molecular weight excluding hydrogens is 333 g/mol. The van der Waals surface area contributed by atoms with Crippen LogP contribution in [-0.2, 0) is 11.0 Å². The number of carboxylic acid groups (broad SMARTS) is 1. The van der Waals surface area contributed by atoms with Crippen molar-refractivity contribution >= 4 is 11.5 Å². The van der Waals surface area contributed by atoms with E-state index in [4.69, 9.17) is 9.84 Å². The molecule has 2 aromatic rings. The van der Waals surface area contributed by atoms with Gasteiger partial charge >= 0.3 is 12.1 Å². The lowest BCUT2D eigenvalue weighted by molar-refractivity contribution is -0.137. The molecule has 3 nitrogen and oxygen atoms in total. The Morgan fingerprint density at radius 3 is 2.28 bits per heavy atom. The maximum atomic E-state index is 12.7. The highest BCUT2D eigenvalue weighted by atomic mass is 19.4. The molecule has 25 heavy (non-hydrogen) atoms. The highest BCUT2D eigenvalue weighted by molar-refractivity contribution is 5.85. The van der Waals surface area contributed by atoms with Crippen LogP contribution in [0, 0.1) is 0 Å². The molecule has 0 spiro atoms. The summed E-state index contributed by atoms with van der Waals surface area (Å²) in [7, 11) is 1.48. The Kier molecular flexibility index (Phi) is 5.64. The third kappa shape index (κ3) is 4.73. The van der Waals surface area contributed by atoms with Crippen LogP contribution >= 0.6 is 0 Å². The van der Waals surface area contributed by atoms with Gasteiger partial charge in [-0.25, -0.2) is 4.79 Å². The second-order valence-electron chi connectivity index (χ2n) is 5.05. The van der Waals surface area contributed by atoms with Crippen molar-refractivity contribution in [2.75, 3.05) is 7.11 Å². The average Bonchev–Trinajstić information content (AvgIpc) is 2.58. The molecule has 6 heteroatoms. The number of halogens is 3. The Balaban J connectivity index is 2.54. The van der Waals surface area contributed by atoms with E-state index in [1.165, 1.54) is 31.4 Å². The molecule has 0 saturated carbocycles. The quantitative estimate of drug-likeness (QED) is 0.624. The number of aliphatic carboxylic acids is 1. The molecule has 1 N–H and O–H groups in total. The van der Waals surface area contributed by atoms with Gasteiger partial charge in [-0.1, -0.05) is 42.5 Å². The third-order valence-corrected chi connectivity index (χ3v) is 3.42. The van der Waals surface area contributed by atoms with Crippen LogP contribution in [-0.4, -0.2) is 18.2 Å². The second-order valence-corrected chi connectivity index (χ2v) is 5.05. The Morgan fingerprint density at radius 2 is 1.72 bits per heavy atom. The number of alkyl halides is 3. The summed E-state index contributed by atoms with van der Waals surface area (Å²) in [6.45, 7) is 0. The number of ether oxygens (including phenoxy) is 1. The molecule has 0 heterocycles. The molecule has 130 valence electrons. The second kappa shape index (κ2) is 7.70. The van der Waals surface area contributed by atoms with Crippen molar-refractivity contribution in [3.8, 4) is 5.75 Å². The number of benzene rings is 2. The molecule has 0 fully saturated rings. The van der Waals surface area contributed by atoms with Gasteiger partial charge in [0.2, 0.25) is 0 Å². The van der Waals surface area contributed by atoms with E-state index in [-0.39, 0.29) is 0 Å². The molecule has 0 radical (unpaired) electrons. The number of carboxylic acids is 1. The van der Waals surface area contributed by atoms with Gasteiger partial charge in [0.25, 0.3) is 0 Å². The standard InChI is InChI=1S/C19H15F3O3/c1-25-17-7-3-2-5-16(17)15(6-4-8-18(23)24)13-9-11-14(12-10-13)19(20,21)22/h2-12H,1H3,(H,23,24)/b8-4+,15-6+. The monoisotopic (exact) mass is 348 g/mol. The summed E-state index contributed by atoms with van der Waals surface area (Å²) >= 11 is 0. The number of methoxy groups -OCH3 is 1. The van der Waals surface area contributed by atoms with Gasteiger partial charge < -0.3 is 9.84 Å². The fourth-order valence-electron chi connectivity index (χ4n) is 2.27. The lowest BCUT2D eigenvalue weighted by atomic mass is 9.95. The van der Waals surface area contributed by atoms with E-state index < -0.39 is 17.7 Å². The van der Waals surface area contributed by atoms with E-state index >= 15 is 0 Å². The maximum Gasteiger partial charge on any atom is 0.416 e. The SMILES string of the molecule is COc1ccccc1/C(=C/C=C/C(=O)O)c1ccc(C(F)(F)F)cc1. The van der Waals surface area contributed by atoms with Crippen LogP contribution < -0.4 is 4.74 Å². The van der Waals surface area contributed by atoms with Crippen molar-refractivity contribution in [1.82, 2.24) is 0 Å². The largest absolute Gasteiger partial charge is 0.496 e. The minimum absolute atomic E-state index is 0.507. The van der Waals surface area contributed by atoms with Crippen LogP contribution in [0.25, 0.3) is 5.57 Å². The van der Waals surface area contributed by atoms with Gasteiger partial charge in [0.1, 0.15) is 5.75 Å². The third-order valence-electron chi connectivity index (χ3n) is 3.42. The van der Waals surface area contributed by atoms with Gasteiger partial charge in [0.05, 0.1) is 12.7 Å². The molecule has 2 aromatic carbocycles. The number of rotatable bonds is 5. The Morgan fingerprint density at radius 1 is 1.08 bits per heavy atom. The van der Waals surface area contributed by atoms with Crippen molar-refractivity contribution in [2.45, 2.75) is 6.18 Å². The summed E-state index contributed by atoms with van der Waals surface area (Å²) < 4.78 is 43.5. The van der Waals surface area contributed by atoms with Gasteiger partial charge in [0.15, 0.2) is 0 Å². The number of hydrogen-bond donors (Lipinski definition) is 1. The van der Waals surface area contributed by atoms with Crippen molar-refractivity contribution in [2.24, 2.45) is 0 Å². The molecular formula is C19H15F3O3. The summed E-state index contributed by atoms with van der Waals surface area (Å²) in [5, 5.41) is 8.73. The Bertz CT molecular complexity index is 803.